The van der Waals surface area contributed by atoms with Gasteiger partial charge in [-0.25, -0.2) is 10.4 Å². The second-order valence-electron chi connectivity index (χ2n) is 5.28. The molecule has 0 aliphatic rings. The van der Waals surface area contributed by atoms with Crippen molar-refractivity contribution < 1.29 is 9.72 Å². The van der Waals surface area contributed by atoms with E-state index in [1.54, 1.807) is 19.1 Å². The summed E-state index contributed by atoms with van der Waals surface area (Å²) in [7, 11) is 0. The van der Waals surface area contributed by atoms with Gasteiger partial charge in [-0.05, 0) is 19.1 Å². The van der Waals surface area contributed by atoms with Crippen molar-refractivity contribution >= 4 is 50.6 Å². The maximum Gasteiger partial charge on any atom is 0.270 e. The zero-order valence-electron chi connectivity index (χ0n) is 13.7. The van der Waals surface area contributed by atoms with Gasteiger partial charge in [-0.2, -0.15) is 5.10 Å². The molecule has 0 aliphatic carbocycles. The topological polar surface area (TPSA) is 97.5 Å². The number of hydrazone groups is 1. The van der Waals surface area contributed by atoms with Crippen LogP contribution in [0.15, 0.2) is 58.0 Å². The van der Waals surface area contributed by atoms with Gasteiger partial charge in [-0.3, -0.25) is 14.9 Å². The Labute approximate surface area is 157 Å². The van der Waals surface area contributed by atoms with Crippen LogP contribution in [0.4, 0.5) is 5.69 Å². The number of fused-ring (bicyclic) bond motifs is 1. The number of benzene rings is 2. The van der Waals surface area contributed by atoms with Crippen LogP contribution in [0.5, 0.6) is 0 Å². The highest BCUT2D eigenvalue weighted by atomic mass is 32.2. The van der Waals surface area contributed by atoms with Crippen LogP contribution in [-0.4, -0.2) is 27.3 Å². The molecule has 0 atom stereocenters. The van der Waals surface area contributed by atoms with Crippen LogP contribution in [0.25, 0.3) is 10.2 Å². The molecule has 9 heteroatoms. The molecule has 0 saturated carbocycles. The largest absolute Gasteiger partial charge is 0.272 e. The van der Waals surface area contributed by atoms with Gasteiger partial charge in [0.1, 0.15) is 0 Å². The summed E-state index contributed by atoms with van der Waals surface area (Å²) in [6.45, 7) is 1.68. The zero-order chi connectivity index (χ0) is 18.5. The number of nitrogens with zero attached hydrogens (tertiary/aromatic N) is 3. The summed E-state index contributed by atoms with van der Waals surface area (Å²) in [5.74, 6) is -0.0787. The lowest BCUT2D eigenvalue weighted by Crippen LogP contribution is -2.21. The fraction of sp³-hybridized carbons (Fsp3) is 0.118. The second kappa shape index (κ2) is 8.07. The Morgan fingerprint density at radius 3 is 2.88 bits per heavy atom. The SMILES string of the molecule is CC(=NNC(=O)CSc1nc2ccccc2s1)c1cccc([N+](=O)[O-])c1. The Morgan fingerprint density at radius 2 is 2.12 bits per heavy atom. The molecule has 0 spiro atoms. The van der Waals surface area contributed by atoms with Gasteiger partial charge in [0.05, 0.1) is 26.6 Å². The Balaban J connectivity index is 1.58. The molecule has 26 heavy (non-hydrogen) atoms. The molecule has 0 radical (unpaired) electrons. The third-order valence-corrected chi connectivity index (χ3v) is 5.60. The van der Waals surface area contributed by atoms with E-state index in [2.05, 4.69) is 15.5 Å². The van der Waals surface area contributed by atoms with Crippen LogP contribution in [-0.2, 0) is 4.79 Å². The quantitative estimate of drug-likeness (QED) is 0.300. The van der Waals surface area contributed by atoms with Gasteiger partial charge in [0.25, 0.3) is 11.6 Å². The van der Waals surface area contributed by atoms with Crippen LogP contribution in [0, 0.1) is 10.1 Å². The minimum absolute atomic E-state index is 0.0187. The fourth-order valence-electron chi connectivity index (χ4n) is 2.13. The molecule has 3 rings (SSSR count). The molecule has 0 unspecified atom stereocenters. The first-order chi connectivity index (χ1) is 12.5. The van der Waals surface area contributed by atoms with E-state index in [1.807, 2.05) is 24.3 Å². The highest BCUT2D eigenvalue weighted by molar-refractivity contribution is 8.01. The van der Waals surface area contributed by atoms with Crippen molar-refractivity contribution in [3.05, 3.63) is 64.2 Å². The van der Waals surface area contributed by atoms with Gasteiger partial charge >= 0.3 is 0 Å². The molecule has 1 N–H and O–H groups in total. The van der Waals surface area contributed by atoms with Crippen LogP contribution in [0.2, 0.25) is 0 Å². The lowest BCUT2D eigenvalue weighted by molar-refractivity contribution is -0.384. The number of aromatic nitrogens is 1. The summed E-state index contributed by atoms with van der Waals surface area (Å²) in [4.78, 5) is 26.8. The summed E-state index contributed by atoms with van der Waals surface area (Å²) in [5, 5.41) is 14.8. The van der Waals surface area contributed by atoms with E-state index < -0.39 is 4.92 Å². The summed E-state index contributed by atoms with van der Waals surface area (Å²) >= 11 is 2.88. The number of hydrogen-bond acceptors (Lipinski definition) is 7. The molecule has 2 aromatic carbocycles. The predicted molar refractivity (Wildman–Crippen MR) is 104 cm³/mol. The maximum absolute atomic E-state index is 12.0. The molecule has 1 aromatic heterocycles. The third kappa shape index (κ3) is 4.44. The van der Waals surface area contributed by atoms with Crippen molar-refractivity contribution in [3.63, 3.8) is 0 Å². The van der Waals surface area contributed by atoms with Crippen LogP contribution < -0.4 is 5.43 Å². The van der Waals surface area contributed by atoms with Gasteiger partial charge in [-0.15, -0.1) is 11.3 Å². The molecule has 132 valence electrons. The van der Waals surface area contributed by atoms with E-state index in [-0.39, 0.29) is 17.3 Å². The normalized spacial score (nSPS) is 11.5. The predicted octanol–water partition coefficient (Wildman–Crippen LogP) is 3.84. The van der Waals surface area contributed by atoms with Crippen LogP contribution in [0.1, 0.15) is 12.5 Å². The third-order valence-electron chi connectivity index (χ3n) is 3.42. The van der Waals surface area contributed by atoms with Gasteiger partial charge in [0.2, 0.25) is 0 Å². The Bertz CT molecular complexity index is 967. The van der Waals surface area contributed by atoms with Crippen molar-refractivity contribution in [1.82, 2.24) is 10.4 Å². The van der Waals surface area contributed by atoms with E-state index in [9.17, 15) is 14.9 Å². The number of thiazole rings is 1. The number of hydrogen-bond donors (Lipinski definition) is 1. The first-order valence-electron chi connectivity index (χ1n) is 7.59. The standard InChI is InChI=1S/C17H14N4O3S2/c1-11(12-5-4-6-13(9-12)21(23)24)19-20-16(22)10-25-17-18-14-7-2-3-8-15(14)26-17/h2-9H,10H2,1H3,(H,20,22). The summed E-state index contributed by atoms with van der Waals surface area (Å²) in [6.07, 6.45) is 0. The van der Waals surface area contributed by atoms with Gasteiger partial charge < -0.3 is 0 Å². The van der Waals surface area contributed by atoms with Crippen molar-refractivity contribution in [1.29, 1.82) is 0 Å². The Kier molecular flexibility index (Phi) is 5.59. The number of carbonyl (C=O) groups excluding carboxylic acids is 1. The number of nitro groups is 1. The van der Waals surface area contributed by atoms with E-state index in [0.29, 0.717) is 11.3 Å². The maximum atomic E-state index is 12.0. The molecule has 0 saturated heterocycles. The highest BCUT2D eigenvalue weighted by Crippen LogP contribution is 2.29. The van der Waals surface area contributed by atoms with Crippen molar-refractivity contribution in [2.75, 3.05) is 5.75 Å². The molecular weight excluding hydrogens is 372 g/mol. The van der Waals surface area contributed by atoms with E-state index in [4.69, 9.17) is 0 Å². The van der Waals surface area contributed by atoms with Crippen molar-refractivity contribution in [2.45, 2.75) is 11.3 Å². The van der Waals surface area contributed by atoms with Gasteiger partial charge in [-0.1, -0.05) is 36.0 Å². The Hall–Kier alpha value is -2.78. The van der Waals surface area contributed by atoms with E-state index in [1.165, 1.54) is 35.2 Å². The minimum atomic E-state index is -0.468. The average molecular weight is 386 g/mol. The molecule has 1 heterocycles. The number of thioether (sulfide) groups is 1. The molecule has 0 bridgehead atoms. The smallest absolute Gasteiger partial charge is 0.270 e. The van der Waals surface area contributed by atoms with Gasteiger partial charge in [0, 0.05) is 17.7 Å². The van der Waals surface area contributed by atoms with E-state index >= 15 is 0 Å². The summed E-state index contributed by atoms with van der Waals surface area (Å²) in [5.41, 5.74) is 4.44. The lowest BCUT2D eigenvalue weighted by Gasteiger charge is -2.02. The number of carbonyl (C=O) groups is 1. The van der Waals surface area contributed by atoms with Crippen molar-refractivity contribution in [3.8, 4) is 0 Å². The lowest BCUT2D eigenvalue weighted by atomic mass is 10.1. The number of non-ortho nitro benzene ring substituents is 1. The Morgan fingerprint density at radius 1 is 1.31 bits per heavy atom. The number of nitro benzene ring substituents is 1. The number of rotatable bonds is 6. The molecule has 0 aliphatic heterocycles. The molecule has 1 amide bonds. The summed E-state index contributed by atoms with van der Waals surface area (Å²) < 4.78 is 1.90. The molecular formula is C17H14N4O3S2. The molecule has 3 aromatic rings. The highest BCUT2D eigenvalue weighted by Gasteiger charge is 2.09. The number of nitrogens with one attached hydrogen (secondary N) is 1. The van der Waals surface area contributed by atoms with Gasteiger partial charge in [0.15, 0.2) is 4.34 Å². The first-order valence-corrected chi connectivity index (χ1v) is 9.39. The number of amides is 1. The average Bonchev–Trinajstić information content (AvgIpc) is 3.07. The zero-order valence-corrected chi connectivity index (χ0v) is 15.3. The number of para-hydroxylation sites is 1. The fourth-order valence-corrected chi connectivity index (χ4v) is 3.99. The minimum Gasteiger partial charge on any atom is -0.272 e. The first kappa shape index (κ1) is 18.0. The molecule has 7 nitrogen and oxygen atoms in total. The summed E-state index contributed by atoms with van der Waals surface area (Å²) in [6, 6.07) is 13.9. The van der Waals surface area contributed by atoms with Crippen LogP contribution >= 0.6 is 23.1 Å². The van der Waals surface area contributed by atoms with Crippen LogP contribution in [0.3, 0.4) is 0 Å². The van der Waals surface area contributed by atoms with Crippen molar-refractivity contribution in [2.24, 2.45) is 5.10 Å². The monoisotopic (exact) mass is 386 g/mol. The van der Waals surface area contributed by atoms with E-state index in [0.717, 1.165) is 14.6 Å². The molecule has 0 fully saturated rings. The second-order valence-corrected chi connectivity index (χ2v) is 7.53.